The standard InChI is InChI=1S/C12H15N3O5/c1-3-13-11(16)7-14(2)10-5-4-8(15(19)20)6-9(10)12(17)18/h4-6H,3,7H2,1-2H3,(H,13,16)(H,17,18). The van der Waals surface area contributed by atoms with Gasteiger partial charge in [0, 0.05) is 25.7 Å². The van der Waals surface area contributed by atoms with Gasteiger partial charge in [0.05, 0.1) is 22.7 Å². The number of carboxylic acids is 1. The predicted molar refractivity (Wildman–Crippen MR) is 72.0 cm³/mol. The van der Waals surface area contributed by atoms with E-state index in [0.29, 0.717) is 6.54 Å². The molecule has 0 unspecified atom stereocenters. The summed E-state index contributed by atoms with van der Waals surface area (Å²) < 4.78 is 0. The van der Waals surface area contributed by atoms with Crippen molar-refractivity contribution in [1.82, 2.24) is 5.32 Å². The van der Waals surface area contributed by atoms with Gasteiger partial charge in [0.2, 0.25) is 5.91 Å². The predicted octanol–water partition coefficient (Wildman–Crippen LogP) is 0.865. The van der Waals surface area contributed by atoms with Crippen LogP contribution >= 0.6 is 0 Å². The first kappa shape index (κ1) is 15.4. The quantitative estimate of drug-likeness (QED) is 0.590. The summed E-state index contributed by atoms with van der Waals surface area (Å²) in [5.74, 6) is -1.55. The lowest BCUT2D eigenvalue weighted by Crippen LogP contribution is -2.35. The molecular formula is C12H15N3O5. The molecule has 2 N–H and O–H groups in total. The summed E-state index contributed by atoms with van der Waals surface area (Å²) in [5.41, 5.74) is -0.280. The van der Waals surface area contributed by atoms with Crippen LogP contribution in [0.4, 0.5) is 11.4 Å². The van der Waals surface area contributed by atoms with E-state index in [1.165, 1.54) is 17.0 Å². The number of carboxylic acid groups (broad SMARTS) is 1. The second-order valence-corrected chi connectivity index (χ2v) is 4.07. The number of amides is 1. The Morgan fingerprint density at radius 2 is 2.10 bits per heavy atom. The molecule has 108 valence electrons. The normalized spacial score (nSPS) is 9.90. The minimum absolute atomic E-state index is 0.0358. The number of carbonyl (C=O) groups excluding carboxylic acids is 1. The molecule has 0 saturated carbocycles. The summed E-state index contributed by atoms with van der Waals surface area (Å²) >= 11 is 0. The second kappa shape index (κ2) is 6.50. The lowest BCUT2D eigenvalue weighted by Gasteiger charge is -2.20. The summed E-state index contributed by atoms with van der Waals surface area (Å²) in [7, 11) is 1.54. The average molecular weight is 281 g/mol. The van der Waals surface area contributed by atoms with Gasteiger partial charge in [-0.3, -0.25) is 14.9 Å². The smallest absolute Gasteiger partial charge is 0.338 e. The molecule has 1 amide bonds. The third kappa shape index (κ3) is 3.67. The summed E-state index contributed by atoms with van der Waals surface area (Å²) in [6, 6.07) is 3.50. The molecule has 0 radical (unpaired) electrons. The molecule has 0 heterocycles. The van der Waals surface area contributed by atoms with Crippen molar-refractivity contribution < 1.29 is 19.6 Å². The number of hydrogen-bond donors (Lipinski definition) is 2. The minimum atomic E-state index is -1.29. The van der Waals surface area contributed by atoms with E-state index >= 15 is 0 Å². The first-order chi connectivity index (χ1) is 9.36. The lowest BCUT2D eigenvalue weighted by molar-refractivity contribution is -0.384. The number of nitrogens with one attached hydrogen (secondary N) is 1. The Balaban J connectivity index is 3.07. The van der Waals surface area contributed by atoms with Crippen molar-refractivity contribution in [2.45, 2.75) is 6.92 Å². The van der Waals surface area contributed by atoms with Gasteiger partial charge >= 0.3 is 5.97 Å². The van der Waals surface area contributed by atoms with E-state index in [-0.39, 0.29) is 29.4 Å². The van der Waals surface area contributed by atoms with Crippen molar-refractivity contribution in [2.24, 2.45) is 0 Å². The van der Waals surface area contributed by atoms with Crippen LogP contribution < -0.4 is 10.2 Å². The molecule has 0 bridgehead atoms. The SMILES string of the molecule is CCNC(=O)CN(C)c1ccc([N+](=O)[O-])cc1C(=O)O. The number of nitro groups is 1. The minimum Gasteiger partial charge on any atom is -0.478 e. The Morgan fingerprint density at radius 3 is 2.60 bits per heavy atom. The van der Waals surface area contributed by atoms with Crippen LogP contribution in [0.15, 0.2) is 18.2 Å². The topological polar surface area (TPSA) is 113 Å². The van der Waals surface area contributed by atoms with Gasteiger partial charge in [-0.1, -0.05) is 0 Å². The molecule has 1 aromatic rings. The molecular weight excluding hydrogens is 266 g/mol. The van der Waals surface area contributed by atoms with Gasteiger partial charge in [0.15, 0.2) is 0 Å². The third-order valence-electron chi connectivity index (χ3n) is 2.59. The van der Waals surface area contributed by atoms with E-state index in [1.54, 1.807) is 14.0 Å². The number of likely N-dealkylation sites (N-methyl/N-ethyl adjacent to an activating group) is 2. The van der Waals surface area contributed by atoms with Crippen LogP contribution in [0.5, 0.6) is 0 Å². The lowest BCUT2D eigenvalue weighted by atomic mass is 10.1. The number of aromatic carboxylic acids is 1. The van der Waals surface area contributed by atoms with E-state index in [0.717, 1.165) is 6.07 Å². The largest absolute Gasteiger partial charge is 0.478 e. The molecule has 0 aliphatic rings. The molecule has 20 heavy (non-hydrogen) atoms. The molecule has 8 nitrogen and oxygen atoms in total. The van der Waals surface area contributed by atoms with E-state index in [1.807, 2.05) is 0 Å². The molecule has 0 aliphatic carbocycles. The van der Waals surface area contributed by atoms with Crippen molar-refractivity contribution in [3.8, 4) is 0 Å². The fourth-order valence-electron chi connectivity index (χ4n) is 1.70. The number of benzene rings is 1. The summed E-state index contributed by atoms with van der Waals surface area (Å²) in [4.78, 5) is 34.1. The van der Waals surface area contributed by atoms with Gasteiger partial charge in [-0.05, 0) is 13.0 Å². The molecule has 8 heteroatoms. The molecule has 0 fully saturated rings. The first-order valence-corrected chi connectivity index (χ1v) is 5.86. The maximum Gasteiger partial charge on any atom is 0.338 e. The molecule has 0 aromatic heterocycles. The van der Waals surface area contributed by atoms with E-state index in [2.05, 4.69) is 5.32 Å². The highest BCUT2D eigenvalue weighted by molar-refractivity contribution is 5.96. The Hall–Kier alpha value is -2.64. The summed E-state index contributed by atoms with van der Waals surface area (Å²) in [6.07, 6.45) is 0. The van der Waals surface area contributed by atoms with Crippen molar-refractivity contribution >= 4 is 23.3 Å². The van der Waals surface area contributed by atoms with E-state index < -0.39 is 10.9 Å². The van der Waals surface area contributed by atoms with Gasteiger partial charge in [-0.2, -0.15) is 0 Å². The highest BCUT2D eigenvalue weighted by atomic mass is 16.6. The second-order valence-electron chi connectivity index (χ2n) is 4.07. The molecule has 1 rings (SSSR count). The van der Waals surface area contributed by atoms with E-state index in [4.69, 9.17) is 5.11 Å². The number of nitro benzene ring substituents is 1. The summed E-state index contributed by atoms with van der Waals surface area (Å²) in [6.45, 7) is 2.21. The van der Waals surface area contributed by atoms with Crippen LogP contribution in [-0.4, -0.2) is 42.0 Å². The van der Waals surface area contributed by atoms with Crippen molar-refractivity contribution in [2.75, 3.05) is 25.0 Å². The number of rotatable bonds is 6. The average Bonchev–Trinajstić information content (AvgIpc) is 2.37. The number of non-ortho nitro benzene ring substituents is 1. The fraction of sp³-hybridized carbons (Fsp3) is 0.333. The van der Waals surface area contributed by atoms with Gasteiger partial charge < -0.3 is 15.3 Å². The van der Waals surface area contributed by atoms with Crippen LogP contribution in [0.25, 0.3) is 0 Å². The van der Waals surface area contributed by atoms with Crippen LogP contribution in [0.3, 0.4) is 0 Å². The van der Waals surface area contributed by atoms with Crippen LogP contribution in [-0.2, 0) is 4.79 Å². The Labute approximate surface area is 115 Å². The Bertz CT molecular complexity index is 544. The number of hydrogen-bond acceptors (Lipinski definition) is 5. The zero-order chi connectivity index (χ0) is 15.3. The van der Waals surface area contributed by atoms with Crippen molar-refractivity contribution in [1.29, 1.82) is 0 Å². The zero-order valence-corrected chi connectivity index (χ0v) is 11.1. The number of anilines is 1. The first-order valence-electron chi connectivity index (χ1n) is 5.86. The zero-order valence-electron chi connectivity index (χ0n) is 11.1. The molecule has 0 saturated heterocycles. The van der Waals surface area contributed by atoms with Gasteiger partial charge in [0.1, 0.15) is 0 Å². The monoisotopic (exact) mass is 281 g/mol. The van der Waals surface area contributed by atoms with Gasteiger partial charge in [-0.15, -0.1) is 0 Å². The van der Waals surface area contributed by atoms with E-state index in [9.17, 15) is 19.7 Å². The molecule has 0 atom stereocenters. The van der Waals surface area contributed by atoms with Crippen LogP contribution in [0.1, 0.15) is 17.3 Å². The Morgan fingerprint density at radius 1 is 1.45 bits per heavy atom. The van der Waals surface area contributed by atoms with Gasteiger partial charge in [-0.25, -0.2) is 4.79 Å². The number of carbonyl (C=O) groups is 2. The molecule has 0 aliphatic heterocycles. The fourth-order valence-corrected chi connectivity index (χ4v) is 1.70. The summed E-state index contributed by atoms with van der Waals surface area (Å²) in [5, 5.41) is 22.4. The van der Waals surface area contributed by atoms with Crippen molar-refractivity contribution in [3.05, 3.63) is 33.9 Å². The van der Waals surface area contributed by atoms with Crippen LogP contribution in [0.2, 0.25) is 0 Å². The maximum absolute atomic E-state index is 11.5. The van der Waals surface area contributed by atoms with Gasteiger partial charge in [0.25, 0.3) is 5.69 Å². The van der Waals surface area contributed by atoms with Crippen molar-refractivity contribution in [3.63, 3.8) is 0 Å². The molecule has 1 aromatic carbocycles. The highest BCUT2D eigenvalue weighted by Crippen LogP contribution is 2.24. The van der Waals surface area contributed by atoms with Crippen LogP contribution in [0, 0.1) is 10.1 Å². The maximum atomic E-state index is 11.5. The number of nitrogens with zero attached hydrogens (tertiary/aromatic N) is 2. The third-order valence-corrected chi connectivity index (χ3v) is 2.59. The molecule has 0 spiro atoms. The highest BCUT2D eigenvalue weighted by Gasteiger charge is 2.19. The Kier molecular flexibility index (Phi) is 5.01.